The van der Waals surface area contributed by atoms with Crippen molar-refractivity contribution < 1.29 is 14.3 Å². The second kappa shape index (κ2) is 5.23. The molecule has 1 aromatic rings. The summed E-state index contributed by atoms with van der Waals surface area (Å²) in [5, 5.41) is 0. The van der Waals surface area contributed by atoms with Crippen LogP contribution in [0.4, 0.5) is 0 Å². The number of carbonyl (C=O) groups is 1. The number of hydrogen-bond acceptors (Lipinski definition) is 3. The third-order valence-corrected chi connectivity index (χ3v) is 1.95. The van der Waals surface area contributed by atoms with Crippen LogP contribution in [0.25, 0.3) is 0 Å². The normalized spacial score (nSPS) is 13.5. The molecule has 0 fully saturated rings. The number of Topliss-reactive ketones (excluding diaryl/α,β-unsaturated/α-hetero) is 1. The zero-order valence-corrected chi connectivity index (χ0v) is 10.2. The molecule has 0 aliphatic rings. The van der Waals surface area contributed by atoms with Crippen LogP contribution < -0.4 is 0 Å². The van der Waals surface area contributed by atoms with E-state index in [2.05, 4.69) is 0 Å². The monoisotopic (exact) mass is 222 g/mol. The molecule has 0 amide bonds. The summed E-state index contributed by atoms with van der Waals surface area (Å²) in [5.74, 6) is -0.155. The summed E-state index contributed by atoms with van der Waals surface area (Å²) in [6.07, 6.45) is -0.845. The Labute approximate surface area is 96.4 Å². The minimum Gasteiger partial charge on any atom is -0.349 e. The van der Waals surface area contributed by atoms with Gasteiger partial charge in [0.1, 0.15) is 0 Å². The van der Waals surface area contributed by atoms with Crippen molar-refractivity contribution in [3.8, 4) is 0 Å². The van der Waals surface area contributed by atoms with Gasteiger partial charge in [-0.25, -0.2) is 0 Å². The van der Waals surface area contributed by atoms with Gasteiger partial charge in [0.05, 0.1) is 5.60 Å². The van der Waals surface area contributed by atoms with E-state index in [9.17, 15) is 4.79 Å². The third-order valence-electron chi connectivity index (χ3n) is 1.95. The van der Waals surface area contributed by atoms with E-state index in [4.69, 9.17) is 9.47 Å². The van der Waals surface area contributed by atoms with Crippen molar-refractivity contribution >= 4 is 5.78 Å². The van der Waals surface area contributed by atoms with Crippen LogP contribution in [-0.2, 0) is 9.47 Å². The SMILES string of the molecule is COC(OC(C)(C)C)C(=O)c1ccccc1. The third kappa shape index (κ3) is 3.76. The maximum absolute atomic E-state index is 12.0. The summed E-state index contributed by atoms with van der Waals surface area (Å²) in [6.45, 7) is 5.66. The molecular weight excluding hydrogens is 204 g/mol. The van der Waals surface area contributed by atoms with Crippen molar-refractivity contribution in [2.45, 2.75) is 32.7 Å². The summed E-state index contributed by atoms with van der Waals surface area (Å²) in [7, 11) is 1.47. The van der Waals surface area contributed by atoms with Gasteiger partial charge in [-0.1, -0.05) is 30.3 Å². The molecular formula is C13H18O3. The highest BCUT2D eigenvalue weighted by Gasteiger charge is 2.25. The van der Waals surface area contributed by atoms with E-state index in [-0.39, 0.29) is 5.78 Å². The average molecular weight is 222 g/mol. The second-order valence-electron chi connectivity index (χ2n) is 4.53. The van der Waals surface area contributed by atoms with Crippen molar-refractivity contribution in [2.75, 3.05) is 7.11 Å². The molecule has 0 saturated carbocycles. The van der Waals surface area contributed by atoms with Gasteiger partial charge in [0.2, 0.25) is 12.1 Å². The van der Waals surface area contributed by atoms with Gasteiger partial charge in [-0.15, -0.1) is 0 Å². The minimum atomic E-state index is -0.845. The van der Waals surface area contributed by atoms with Gasteiger partial charge in [-0.3, -0.25) is 4.79 Å². The Bertz CT molecular complexity index is 338. The molecule has 0 bridgehead atoms. The fourth-order valence-electron chi connectivity index (χ4n) is 1.27. The van der Waals surface area contributed by atoms with E-state index in [1.54, 1.807) is 12.1 Å². The van der Waals surface area contributed by atoms with Crippen LogP contribution in [0.15, 0.2) is 30.3 Å². The largest absolute Gasteiger partial charge is 0.349 e. The smallest absolute Gasteiger partial charge is 0.222 e. The van der Waals surface area contributed by atoms with Gasteiger partial charge < -0.3 is 9.47 Å². The number of carbonyl (C=O) groups excluding carboxylic acids is 1. The lowest BCUT2D eigenvalue weighted by Gasteiger charge is -2.25. The van der Waals surface area contributed by atoms with Crippen molar-refractivity contribution in [1.82, 2.24) is 0 Å². The van der Waals surface area contributed by atoms with E-state index in [0.717, 1.165) is 0 Å². The molecule has 0 heterocycles. The summed E-state index contributed by atoms with van der Waals surface area (Å²) >= 11 is 0. The highest BCUT2D eigenvalue weighted by atomic mass is 16.7. The molecule has 1 unspecified atom stereocenters. The average Bonchev–Trinajstić information content (AvgIpc) is 2.25. The Hall–Kier alpha value is -1.19. The van der Waals surface area contributed by atoms with Crippen molar-refractivity contribution in [3.63, 3.8) is 0 Å². The van der Waals surface area contributed by atoms with E-state index in [1.807, 2.05) is 39.0 Å². The molecule has 0 spiro atoms. The molecule has 0 aliphatic carbocycles. The highest BCUT2D eigenvalue weighted by molar-refractivity contribution is 5.98. The predicted molar refractivity (Wildman–Crippen MR) is 62.4 cm³/mol. The van der Waals surface area contributed by atoms with E-state index in [0.29, 0.717) is 5.56 Å². The number of hydrogen-bond donors (Lipinski definition) is 0. The summed E-state index contributed by atoms with van der Waals surface area (Å²) in [4.78, 5) is 12.0. The molecule has 0 saturated heterocycles. The van der Waals surface area contributed by atoms with E-state index < -0.39 is 11.9 Å². The Morgan fingerprint density at radius 2 is 1.75 bits per heavy atom. The molecule has 3 heteroatoms. The molecule has 1 aromatic carbocycles. The van der Waals surface area contributed by atoms with Crippen LogP contribution >= 0.6 is 0 Å². The van der Waals surface area contributed by atoms with Gasteiger partial charge in [-0.05, 0) is 20.8 Å². The number of ketones is 1. The van der Waals surface area contributed by atoms with Crippen LogP contribution in [0.3, 0.4) is 0 Å². The minimum absolute atomic E-state index is 0.155. The van der Waals surface area contributed by atoms with Crippen LogP contribution in [0.5, 0.6) is 0 Å². The summed E-state index contributed by atoms with van der Waals surface area (Å²) in [6, 6.07) is 9.00. The van der Waals surface area contributed by atoms with E-state index >= 15 is 0 Å². The van der Waals surface area contributed by atoms with Crippen LogP contribution in [0, 0.1) is 0 Å². The molecule has 0 radical (unpaired) electrons. The zero-order valence-electron chi connectivity index (χ0n) is 10.2. The number of benzene rings is 1. The first-order chi connectivity index (χ1) is 7.44. The van der Waals surface area contributed by atoms with Gasteiger partial charge in [-0.2, -0.15) is 0 Å². The fraction of sp³-hybridized carbons (Fsp3) is 0.462. The van der Waals surface area contributed by atoms with Gasteiger partial charge in [0.25, 0.3) is 0 Å². The standard InChI is InChI=1S/C13H18O3/c1-13(2,3)16-12(15-4)11(14)10-8-6-5-7-9-10/h5-9,12H,1-4H3. The van der Waals surface area contributed by atoms with Crippen molar-refractivity contribution in [2.24, 2.45) is 0 Å². The lowest BCUT2D eigenvalue weighted by Crippen LogP contribution is -2.34. The van der Waals surface area contributed by atoms with Gasteiger partial charge in [0.15, 0.2) is 0 Å². The van der Waals surface area contributed by atoms with E-state index in [1.165, 1.54) is 7.11 Å². The van der Waals surface area contributed by atoms with Crippen LogP contribution in [-0.4, -0.2) is 24.8 Å². The zero-order chi connectivity index (χ0) is 12.2. The first kappa shape index (κ1) is 12.9. The number of rotatable bonds is 4. The molecule has 88 valence electrons. The van der Waals surface area contributed by atoms with Crippen molar-refractivity contribution in [1.29, 1.82) is 0 Å². The summed E-state index contributed by atoms with van der Waals surface area (Å²) < 4.78 is 10.6. The molecule has 1 atom stereocenters. The van der Waals surface area contributed by atoms with Crippen LogP contribution in [0.2, 0.25) is 0 Å². The van der Waals surface area contributed by atoms with Crippen LogP contribution in [0.1, 0.15) is 31.1 Å². The quantitative estimate of drug-likeness (QED) is 0.580. The lowest BCUT2D eigenvalue weighted by atomic mass is 10.1. The Balaban J connectivity index is 2.78. The maximum Gasteiger partial charge on any atom is 0.222 e. The van der Waals surface area contributed by atoms with Gasteiger partial charge in [0, 0.05) is 12.7 Å². The molecule has 0 N–H and O–H groups in total. The Kier molecular flexibility index (Phi) is 4.21. The first-order valence-electron chi connectivity index (χ1n) is 5.24. The first-order valence-corrected chi connectivity index (χ1v) is 5.24. The van der Waals surface area contributed by atoms with Crippen molar-refractivity contribution in [3.05, 3.63) is 35.9 Å². The van der Waals surface area contributed by atoms with Gasteiger partial charge >= 0.3 is 0 Å². The number of methoxy groups -OCH3 is 1. The highest BCUT2D eigenvalue weighted by Crippen LogP contribution is 2.15. The fourth-order valence-corrected chi connectivity index (χ4v) is 1.27. The maximum atomic E-state index is 12.0. The molecule has 1 rings (SSSR count). The second-order valence-corrected chi connectivity index (χ2v) is 4.53. The molecule has 16 heavy (non-hydrogen) atoms. The topological polar surface area (TPSA) is 35.5 Å². The summed E-state index contributed by atoms with van der Waals surface area (Å²) in [5.41, 5.74) is 0.184. The Morgan fingerprint density at radius 3 is 2.19 bits per heavy atom. The molecule has 0 aliphatic heterocycles. The molecule has 0 aromatic heterocycles. The molecule has 3 nitrogen and oxygen atoms in total. The Morgan fingerprint density at radius 1 is 1.19 bits per heavy atom. The lowest BCUT2D eigenvalue weighted by molar-refractivity contribution is -0.155. The number of ether oxygens (including phenoxy) is 2. The predicted octanol–water partition coefficient (Wildman–Crippen LogP) is 2.66.